The van der Waals surface area contributed by atoms with Crippen LogP contribution < -0.4 is 16.4 Å². The molecule has 0 aromatic heterocycles. The van der Waals surface area contributed by atoms with Crippen molar-refractivity contribution >= 4 is 23.2 Å². The molecule has 0 bridgehead atoms. The average Bonchev–Trinajstić information content (AvgIpc) is 2.46. The van der Waals surface area contributed by atoms with Crippen LogP contribution in [0.1, 0.15) is 33.1 Å². The number of anilines is 2. The SMILES string of the molecule is CCC(=O)Nc1ccc(NC(=O)CC(CC)CN)cc1. The number of nitrogens with two attached hydrogens (primary N) is 1. The van der Waals surface area contributed by atoms with Crippen molar-refractivity contribution in [2.24, 2.45) is 11.7 Å². The number of carbonyl (C=O) groups is 2. The molecule has 5 heteroatoms. The molecule has 1 atom stereocenters. The molecular formula is C15H23N3O2. The van der Waals surface area contributed by atoms with Crippen molar-refractivity contribution in [3.63, 3.8) is 0 Å². The Hall–Kier alpha value is -1.88. The molecule has 0 spiro atoms. The second-order valence-corrected chi connectivity index (χ2v) is 4.74. The number of carbonyl (C=O) groups excluding carboxylic acids is 2. The zero-order chi connectivity index (χ0) is 15.0. The molecule has 0 saturated carbocycles. The standard InChI is InChI=1S/C15H23N3O2/c1-3-11(10-16)9-15(20)18-13-7-5-12(6-8-13)17-14(19)4-2/h5-8,11H,3-4,9-10,16H2,1-2H3,(H,17,19)(H,18,20). The van der Waals surface area contributed by atoms with Gasteiger partial charge in [-0.2, -0.15) is 0 Å². The van der Waals surface area contributed by atoms with Crippen molar-refractivity contribution in [2.45, 2.75) is 33.1 Å². The van der Waals surface area contributed by atoms with E-state index in [1.807, 2.05) is 6.92 Å². The van der Waals surface area contributed by atoms with Gasteiger partial charge in [0.25, 0.3) is 0 Å². The summed E-state index contributed by atoms with van der Waals surface area (Å²) in [6.07, 6.45) is 1.77. The second kappa shape index (κ2) is 8.32. The monoisotopic (exact) mass is 277 g/mol. The third kappa shape index (κ3) is 5.40. The topological polar surface area (TPSA) is 84.2 Å². The van der Waals surface area contributed by atoms with Gasteiger partial charge in [-0.05, 0) is 36.7 Å². The highest BCUT2D eigenvalue weighted by Crippen LogP contribution is 2.15. The van der Waals surface area contributed by atoms with Crippen molar-refractivity contribution in [1.29, 1.82) is 0 Å². The summed E-state index contributed by atoms with van der Waals surface area (Å²) in [5, 5.41) is 5.58. The summed E-state index contributed by atoms with van der Waals surface area (Å²) < 4.78 is 0. The van der Waals surface area contributed by atoms with E-state index in [2.05, 4.69) is 10.6 Å². The van der Waals surface area contributed by atoms with Gasteiger partial charge in [0.1, 0.15) is 0 Å². The van der Waals surface area contributed by atoms with E-state index in [4.69, 9.17) is 5.73 Å². The Labute approximate surface area is 119 Å². The smallest absolute Gasteiger partial charge is 0.224 e. The maximum Gasteiger partial charge on any atom is 0.224 e. The van der Waals surface area contributed by atoms with E-state index in [-0.39, 0.29) is 17.7 Å². The first-order valence-corrected chi connectivity index (χ1v) is 6.98. The highest BCUT2D eigenvalue weighted by atomic mass is 16.2. The first kappa shape index (κ1) is 16.2. The fraction of sp³-hybridized carbons (Fsp3) is 0.467. The van der Waals surface area contributed by atoms with Crippen molar-refractivity contribution in [3.05, 3.63) is 24.3 Å². The molecule has 0 aliphatic heterocycles. The Kier molecular flexibility index (Phi) is 6.73. The predicted octanol–water partition coefficient (Wildman–Crippen LogP) is 2.35. The summed E-state index contributed by atoms with van der Waals surface area (Å²) in [6, 6.07) is 7.08. The highest BCUT2D eigenvalue weighted by Gasteiger charge is 2.10. The Morgan fingerprint density at radius 3 is 1.95 bits per heavy atom. The summed E-state index contributed by atoms with van der Waals surface area (Å²) >= 11 is 0. The van der Waals surface area contributed by atoms with Crippen molar-refractivity contribution < 1.29 is 9.59 Å². The molecule has 0 aliphatic carbocycles. The van der Waals surface area contributed by atoms with Gasteiger partial charge in [0.2, 0.25) is 11.8 Å². The lowest BCUT2D eigenvalue weighted by atomic mass is 10.0. The number of amides is 2. The second-order valence-electron chi connectivity index (χ2n) is 4.74. The largest absolute Gasteiger partial charge is 0.330 e. The van der Waals surface area contributed by atoms with E-state index in [1.165, 1.54) is 0 Å². The molecular weight excluding hydrogens is 254 g/mol. The van der Waals surface area contributed by atoms with E-state index in [0.717, 1.165) is 17.8 Å². The lowest BCUT2D eigenvalue weighted by Gasteiger charge is -2.12. The van der Waals surface area contributed by atoms with Gasteiger partial charge in [-0.1, -0.05) is 20.3 Å². The molecule has 0 heterocycles. The maximum absolute atomic E-state index is 11.8. The molecule has 0 saturated heterocycles. The minimum Gasteiger partial charge on any atom is -0.330 e. The summed E-state index contributed by atoms with van der Waals surface area (Å²) in [7, 11) is 0. The van der Waals surface area contributed by atoms with Gasteiger partial charge in [-0.15, -0.1) is 0 Å². The van der Waals surface area contributed by atoms with Gasteiger partial charge in [0, 0.05) is 24.2 Å². The minimum absolute atomic E-state index is 0.0319. The van der Waals surface area contributed by atoms with Crippen LogP contribution in [0.4, 0.5) is 11.4 Å². The van der Waals surface area contributed by atoms with E-state index in [0.29, 0.717) is 19.4 Å². The van der Waals surface area contributed by atoms with E-state index in [1.54, 1.807) is 31.2 Å². The molecule has 0 radical (unpaired) electrons. The Bertz CT molecular complexity index is 439. The fourth-order valence-corrected chi connectivity index (χ4v) is 1.75. The van der Waals surface area contributed by atoms with E-state index >= 15 is 0 Å². The Morgan fingerprint density at radius 1 is 1.05 bits per heavy atom. The number of rotatable bonds is 7. The molecule has 110 valence electrons. The molecule has 0 aliphatic rings. The van der Waals surface area contributed by atoms with Crippen LogP contribution in [-0.4, -0.2) is 18.4 Å². The van der Waals surface area contributed by atoms with Gasteiger partial charge in [-0.3, -0.25) is 9.59 Å². The third-order valence-corrected chi connectivity index (χ3v) is 3.16. The zero-order valence-electron chi connectivity index (χ0n) is 12.1. The Morgan fingerprint density at radius 2 is 1.55 bits per heavy atom. The summed E-state index contributed by atoms with van der Waals surface area (Å²) in [5.41, 5.74) is 7.03. The van der Waals surface area contributed by atoms with E-state index in [9.17, 15) is 9.59 Å². The van der Waals surface area contributed by atoms with Crippen molar-refractivity contribution in [3.8, 4) is 0 Å². The number of benzene rings is 1. The molecule has 5 nitrogen and oxygen atoms in total. The summed E-state index contributed by atoms with van der Waals surface area (Å²) in [6.45, 7) is 4.34. The van der Waals surface area contributed by atoms with Crippen LogP contribution in [0.3, 0.4) is 0 Å². The van der Waals surface area contributed by atoms with E-state index < -0.39 is 0 Å². The maximum atomic E-state index is 11.8. The first-order valence-electron chi connectivity index (χ1n) is 6.98. The van der Waals surface area contributed by atoms with Crippen LogP contribution >= 0.6 is 0 Å². The lowest BCUT2D eigenvalue weighted by molar-refractivity contribution is -0.117. The van der Waals surface area contributed by atoms with Gasteiger partial charge in [-0.25, -0.2) is 0 Å². The molecule has 1 unspecified atom stereocenters. The van der Waals surface area contributed by atoms with Gasteiger partial charge < -0.3 is 16.4 Å². The zero-order valence-corrected chi connectivity index (χ0v) is 12.1. The lowest BCUT2D eigenvalue weighted by Crippen LogP contribution is -2.21. The highest BCUT2D eigenvalue weighted by molar-refractivity contribution is 5.92. The number of hydrogen-bond donors (Lipinski definition) is 3. The van der Waals surface area contributed by atoms with Crippen molar-refractivity contribution in [2.75, 3.05) is 17.2 Å². The third-order valence-electron chi connectivity index (χ3n) is 3.16. The number of nitrogens with one attached hydrogen (secondary N) is 2. The summed E-state index contributed by atoms with van der Waals surface area (Å²) in [5.74, 6) is 0.154. The molecule has 20 heavy (non-hydrogen) atoms. The Balaban J connectivity index is 2.52. The molecule has 0 fully saturated rings. The van der Waals surface area contributed by atoms with Gasteiger partial charge in [0.15, 0.2) is 0 Å². The van der Waals surface area contributed by atoms with Crippen molar-refractivity contribution in [1.82, 2.24) is 0 Å². The molecule has 1 aromatic rings. The molecule has 1 rings (SSSR count). The molecule has 1 aromatic carbocycles. The van der Waals surface area contributed by atoms with Crippen LogP contribution in [0.2, 0.25) is 0 Å². The normalized spacial score (nSPS) is 11.8. The van der Waals surface area contributed by atoms with Gasteiger partial charge >= 0.3 is 0 Å². The first-order chi connectivity index (χ1) is 9.58. The quantitative estimate of drug-likeness (QED) is 0.715. The van der Waals surface area contributed by atoms with Crippen LogP contribution in [0.5, 0.6) is 0 Å². The van der Waals surface area contributed by atoms with Crippen LogP contribution in [0.15, 0.2) is 24.3 Å². The summed E-state index contributed by atoms with van der Waals surface area (Å²) in [4.78, 5) is 23.1. The van der Waals surface area contributed by atoms with Crippen LogP contribution in [-0.2, 0) is 9.59 Å². The van der Waals surface area contributed by atoms with Crippen LogP contribution in [0, 0.1) is 5.92 Å². The predicted molar refractivity (Wildman–Crippen MR) is 81.4 cm³/mol. The fourth-order valence-electron chi connectivity index (χ4n) is 1.75. The average molecular weight is 277 g/mol. The van der Waals surface area contributed by atoms with Gasteiger partial charge in [0.05, 0.1) is 0 Å². The van der Waals surface area contributed by atoms with Crippen LogP contribution in [0.25, 0.3) is 0 Å². The molecule has 4 N–H and O–H groups in total. The molecule has 2 amide bonds. The minimum atomic E-state index is -0.0346. The number of hydrogen-bond acceptors (Lipinski definition) is 3.